The monoisotopic (exact) mass is 1140 g/mol. The highest BCUT2D eigenvalue weighted by Crippen LogP contribution is 2.27. The highest BCUT2D eigenvalue weighted by atomic mass is 16.7. The predicted octanol–water partition coefficient (Wildman–Crippen LogP) is 17.7. The molecule has 0 aromatic carbocycles. The van der Waals surface area contributed by atoms with Crippen molar-refractivity contribution in [3.8, 4) is 0 Å². The van der Waals surface area contributed by atoms with E-state index in [-0.39, 0.29) is 25.9 Å². The van der Waals surface area contributed by atoms with E-state index in [1.807, 2.05) is 0 Å². The first kappa shape index (κ1) is 75.2. The SMILES string of the molecule is CC/C=C\C/C=C\C/C=C\C/C=C\CCCCCCC(=O)OC(COC(=O)CCCCCCCCCCC/C=C\CCCCCCCC)COC1OC(C(=O)O)C(O)C(O)C1OC(=O)CCCCCCC/C=C\CCCCCCCC. The Bertz CT molecular complexity index is 1680. The summed E-state index contributed by atoms with van der Waals surface area (Å²) in [5.74, 6) is -3.15. The number of aliphatic hydroxyl groups excluding tert-OH is 2. The van der Waals surface area contributed by atoms with Crippen LogP contribution in [0.5, 0.6) is 0 Å². The molecule has 3 N–H and O–H groups in total. The van der Waals surface area contributed by atoms with Gasteiger partial charge in [-0.1, -0.05) is 235 Å². The summed E-state index contributed by atoms with van der Waals surface area (Å²) in [5, 5.41) is 31.6. The zero-order valence-electron chi connectivity index (χ0n) is 51.5. The number of esters is 3. The van der Waals surface area contributed by atoms with Crippen molar-refractivity contribution in [3.05, 3.63) is 72.9 Å². The summed E-state index contributed by atoms with van der Waals surface area (Å²) in [6.07, 6.45) is 60.0. The van der Waals surface area contributed by atoms with Gasteiger partial charge in [0.2, 0.25) is 0 Å². The minimum atomic E-state index is -1.91. The van der Waals surface area contributed by atoms with Crippen molar-refractivity contribution in [1.82, 2.24) is 0 Å². The van der Waals surface area contributed by atoms with Gasteiger partial charge in [-0.25, -0.2) is 4.79 Å². The number of rotatable bonds is 56. The normalized spacial score (nSPS) is 18.2. The fourth-order valence-electron chi connectivity index (χ4n) is 9.70. The maximum Gasteiger partial charge on any atom is 0.335 e. The average Bonchev–Trinajstić information content (AvgIpc) is 3.52. The number of carbonyl (C=O) groups excluding carboxylic acids is 3. The van der Waals surface area contributed by atoms with Crippen LogP contribution in [0, 0.1) is 0 Å². The molecular formula is C69H118O12. The molecule has 0 aromatic rings. The number of allylic oxidation sites excluding steroid dienone is 12. The molecular weight excluding hydrogens is 1020 g/mol. The smallest absolute Gasteiger partial charge is 0.335 e. The molecule has 1 aliphatic heterocycles. The molecule has 1 aliphatic rings. The van der Waals surface area contributed by atoms with Crippen LogP contribution in [0.3, 0.4) is 0 Å². The first-order chi connectivity index (χ1) is 39.6. The summed E-state index contributed by atoms with van der Waals surface area (Å²) in [6, 6.07) is 0. The number of carbonyl (C=O) groups is 4. The van der Waals surface area contributed by atoms with Gasteiger partial charge in [-0.2, -0.15) is 0 Å². The number of hydrogen-bond acceptors (Lipinski definition) is 11. The number of aliphatic hydroxyl groups is 2. The molecule has 6 unspecified atom stereocenters. The lowest BCUT2D eigenvalue weighted by molar-refractivity contribution is -0.301. The summed E-state index contributed by atoms with van der Waals surface area (Å²) < 4.78 is 28.5. The summed E-state index contributed by atoms with van der Waals surface area (Å²) in [6.45, 7) is 5.88. The van der Waals surface area contributed by atoms with Gasteiger partial charge >= 0.3 is 23.9 Å². The summed E-state index contributed by atoms with van der Waals surface area (Å²) >= 11 is 0. The zero-order chi connectivity index (χ0) is 58.9. The van der Waals surface area contributed by atoms with Crippen LogP contribution in [0.15, 0.2) is 72.9 Å². The average molecular weight is 1140 g/mol. The van der Waals surface area contributed by atoms with Gasteiger partial charge in [-0.05, 0) is 109 Å². The highest BCUT2D eigenvalue weighted by molar-refractivity contribution is 5.74. The second kappa shape index (κ2) is 56.6. The van der Waals surface area contributed by atoms with Crippen molar-refractivity contribution >= 4 is 23.9 Å². The Morgan fingerprint density at radius 1 is 0.420 bits per heavy atom. The molecule has 0 bridgehead atoms. The lowest BCUT2D eigenvalue weighted by Crippen LogP contribution is -2.61. The number of hydrogen-bond donors (Lipinski definition) is 3. The number of carboxylic acid groups (broad SMARTS) is 1. The Hall–Kier alpha value is -3.84. The van der Waals surface area contributed by atoms with Crippen LogP contribution in [0.2, 0.25) is 0 Å². The Labute approximate surface area is 493 Å². The molecule has 1 saturated heterocycles. The standard InChI is InChI=1S/C69H118O12/c1-4-7-10-13-16-19-22-25-28-30-31-33-35-37-40-43-46-49-52-55-61(70)77-58-60(79-62(71)56-53-50-47-44-41-39-36-32-29-26-23-20-17-14-11-8-5-2)59-78-69-67(65(74)64(73)66(81-69)68(75)76)80-63(72)57-54-51-48-45-42-38-34-27-24-21-18-15-12-9-6-3/h8,11,17,20,25-29,34,36,39,60,64-67,69,73-74H,4-7,9-10,12-16,18-19,21-24,30-33,35,37-38,40-59H2,1-3H3,(H,75,76)/b11-8-,20-17-,28-25-,29-26-,34-27-,39-36-. The lowest BCUT2D eigenvalue weighted by Gasteiger charge is -2.40. The van der Waals surface area contributed by atoms with E-state index in [0.717, 1.165) is 109 Å². The Morgan fingerprint density at radius 2 is 0.778 bits per heavy atom. The first-order valence-corrected chi connectivity index (χ1v) is 32.9. The molecule has 1 rings (SSSR count). The van der Waals surface area contributed by atoms with Crippen molar-refractivity contribution in [2.45, 2.75) is 327 Å². The van der Waals surface area contributed by atoms with Crippen molar-refractivity contribution in [2.24, 2.45) is 0 Å². The van der Waals surface area contributed by atoms with E-state index < -0.39 is 67.3 Å². The molecule has 0 saturated carbocycles. The molecule has 466 valence electrons. The Kier molecular flexibility index (Phi) is 52.6. The van der Waals surface area contributed by atoms with E-state index in [4.69, 9.17) is 23.7 Å². The topological polar surface area (TPSA) is 175 Å². The number of carboxylic acids is 1. The molecule has 1 heterocycles. The van der Waals surface area contributed by atoms with Gasteiger partial charge < -0.3 is 39.0 Å². The van der Waals surface area contributed by atoms with Gasteiger partial charge in [0.1, 0.15) is 18.8 Å². The molecule has 12 heteroatoms. The molecule has 6 atom stereocenters. The number of ether oxygens (including phenoxy) is 5. The van der Waals surface area contributed by atoms with Crippen LogP contribution in [0.25, 0.3) is 0 Å². The van der Waals surface area contributed by atoms with E-state index in [1.165, 1.54) is 122 Å². The van der Waals surface area contributed by atoms with Crippen molar-refractivity contribution < 1.29 is 58.2 Å². The third kappa shape index (κ3) is 46.3. The molecule has 0 amide bonds. The van der Waals surface area contributed by atoms with Crippen LogP contribution in [-0.4, -0.2) is 89.2 Å². The van der Waals surface area contributed by atoms with E-state index in [2.05, 4.69) is 93.7 Å². The fraction of sp³-hybridized carbons (Fsp3) is 0.768. The Morgan fingerprint density at radius 3 is 1.20 bits per heavy atom. The van der Waals surface area contributed by atoms with E-state index in [9.17, 15) is 34.5 Å². The van der Waals surface area contributed by atoms with E-state index in [0.29, 0.717) is 19.3 Å². The minimum absolute atomic E-state index is 0.0465. The van der Waals surface area contributed by atoms with E-state index in [1.54, 1.807) is 0 Å². The van der Waals surface area contributed by atoms with Crippen LogP contribution >= 0.6 is 0 Å². The number of unbranched alkanes of at least 4 members (excludes halogenated alkanes) is 30. The number of aliphatic carboxylic acids is 1. The second-order valence-electron chi connectivity index (χ2n) is 22.4. The van der Waals surface area contributed by atoms with Crippen LogP contribution in [0.1, 0.15) is 290 Å². The molecule has 0 aromatic heterocycles. The van der Waals surface area contributed by atoms with Gasteiger partial charge in [-0.15, -0.1) is 0 Å². The van der Waals surface area contributed by atoms with Crippen LogP contribution in [0.4, 0.5) is 0 Å². The van der Waals surface area contributed by atoms with Crippen molar-refractivity contribution in [2.75, 3.05) is 13.2 Å². The van der Waals surface area contributed by atoms with Crippen molar-refractivity contribution in [1.29, 1.82) is 0 Å². The zero-order valence-corrected chi connectivity index (χ0v) is 51.5. The summed E-state index contributed by atoms with van der Waals surface area (Å²) in [5.41, 5.74) is 0. The fourth-order valence-corrected chi connectivity index (χ4v) is 9.70. The predicted molar refractivity (Wildman–Crippen MR) is 331 cm³/mol. The second-order valence-corrected chi connectivity index (χ2v) is 22.4. The van der Waals surface area contributed by atoms with Gasteiger partial charge in [0.25, 0.3) is 0 Å². The molecule has 81 heavy (non-hydrogen) atoms. The van der Waals surface area contributed by atoms with Crippen LogP contribution in [-0.2, 0) is 42.9 Å². The maximum absolute atomic E-state index is 13.2. The van der Waals surface area contributed by atoms with Gasteiger partial charge in [0, 0.05) is 19.3 Å². The van der Waals surface area contributed by atoms with Gasteiger partial charge in [-0.3, -0.25) is 14.4 Å². The third-order valence-corrected chi connectivity index (χ3v) is 14.7. The molecule has 0 radical (unpaired) electrons. The molecule has 1 fully saturated rings. The largest absolute Gasteiger partial charge is 0.479 e. The molecule has 0 aliphatic carbocycles. The maximum atomic E-state index is 13.2. The van der Waals surface area contributed by atoms with Crippen molar-refractivity contribution in [3.63, 3.8) is 0 Å². The van der Waals surface area contributed by atoms with Gasteiger partial charge in [0.15, 0.2) is 24.6 Å². The molecule has 0 spiro atoms. The van der Waals surface area contributed by atoms with E-state index >= 15 is 0 Å². The third-order valence-electron chi connectivity index (χ3n) is 14.7. The Balaban J connectivity index is 2.67. The minimum Gasteiger partial charge on any atom is -0.479 e. The quantitative estimate of drug-likeness (QED) is 0.0228. The highest BCUT2D eigenvalue weighted by Gasteiger charge is 2.50. The van der Waals surface area contributed by atoms with Gasteiger partial charge in [0.05, 0.1) is 6.61 Å². The first-order valence-electron chi connectivity index (χ1n) is 32.9. The lowest BCUT2D eigenvalue weighted by atomic mass is 9.98. The van der Waals surface area contributed by atoms with Crippen LogP contribution < -0.4 is 0 Å². The molecule has 12 nitrogen and oxygen atoms in total. The summed E-state index contributed by atoms with van der Waals surface area (Å²) in [4.78, 5) is 51.3. The summed E-state index contributed by atoms with van der Waals surface area (Å²) in [7, 11) is 0.